The SMILES string of the molecule is CCOc1ccc(N(CC(=O)N/N=C\c2ccc(C)c(C)c2C)S(=O)(=O)c2ccc(C)cc2)cc1. The topological polar surface area (TPSA) is 88.1 Å². The van der Waals surface area contributed by atoms with Crippen LogP contribution in [0, 0.1) is 27.7 Å². The van der Waals surface area contributed by atoms with E-state index in [1.807, 2.05) is 46.8 Å². The lowest BCUT2D eigenvalue weighted by molar-refractivity contribution is -0.119. The quantitative estimate of drug-likeness (QED) is 0.347. The van der Waals surface area contributed by atoms with E-state index in [0.29, 0.717) is 18.0 Å². The molecule has 3 aromatic carbocycles. The highest BCUT2D eigenvalue weighted by Crippen LogP contribution is 2.26. The van der Waals surface area contributed by atoms with E-state index in [0.717, 1.165) is 26.6 Å². The average molecular weight is 494 g/mol. The number of carbonyl (C=O) groups is 1. The van der Waals surface area contributed by atoms with E-state index in [1.165, 1.54) is 17.7 Å². The standard InChI is InChI=1S/C27H31N3O4S/c1-6-34-25-13-11-24(12-14-25)30(35(32,33)26-15-7-19(2)8-16-26)18-27(31)29-28-17-23-10-9-20(3)21(4)22(23)5/h7-17H,6,18H2,1-5H3,(H,29,31)/b28-17-. The maximum atomic E-state index is 13.5. The van der Waals surface area contributed by atoms with Crippen LogP contribution in [0.15, 0.2) is 70.7 Å². The molecule has 0 spiro atoms. The number of sulfonamides is 1. The molecule has 0 fully saturated rings. The smallest absolute Gasteiger partial charge is 0.264 e. The molecule has 0 aliphatic heterocycles. The third-order valence-electron chi connectivity index (χ3n) is 5.82. The molecular weight excluding hydrogens is 462 g/mol. The Balaban J connectivity index is 1.85. The minimum Gasteiger partial charge on any atom is -0.494 e. The number of hydrogen-bond donors (Lipinski definition) is 1. The molecule has 1 amide bonds. The molecule has 3 aromatic rings. The van der Waals surface area contributed by atoms with Gasteiger partial charge in [-0.05, 0) is 93.3 Å². The number of nitrogens with zero attached hydrogens (tertiary/aromatic N) is 2. The molecule has 184 valence electrons. The second kappa shape index (κ2) is 11.2. The van der Waals surface area contributed by atoms with E-state index >= 15 is 0 Å². The summed E-state index contributed by atoms with van der Waals surface area (Å²) in [5.41, 5.74) is 8.02. The Hall–Kier alpha value is -3.65. The zero-order valence-corrected chi connectivity index (χ0v) is 21.5. The monoisotopic (exact) mass is 493 g/mol. The van der Waals surface area contributed by atoms with Gasteiger partial charge in [-0.1, -0.05) is 29.8 Å². The van der Waals surface area contributed by atoms with Gasteiger partial charge in [-0.2, -0.15) is 5.10 Å². The van der Waals surface area contributed by atoms with Crippen LogP contribution >= 0.6 is 0 Å². The van der Waals surface area contributed by atoms with E-state index in [-0.39, 0.29) is 4.90 Å². The van der Waals surface area contributed by atoms with Crippen LogP contribution in [0.3, 0.4) is 0 Å². The number of anilines is 1. The number of rotatable bonds is 9. The highest BCUT2D eigenvalue weighted by Gasteiger charge is 2.27. The maximum absolute atomic E-state index is 13.5. The summed E-state index contributed by atoms with van der Waals surface area (Å²) >= 11 is 0. The molecule has 35 heavy (non-hydrogen) atoms. The molecule has 0 saturated heterocycles. The van der Waals surface area contributed by atoms with Crippen LogP contribution in [0.5, 0.6) is 5.75 Å². The van der Waals surface area contributed by atoms with Crippen LogP contribution in [0.25, 0.3) is 0 Å². The number of carbonyl (C=O) groups excluding carboxylic acids is 1. The molecular formula is C27H31N3O4S. The first kappa shape index (κ1) is 26.0. The van der Waals surface area contributed by atoms with Crippen molar-refractivity contribution in [1.82, 2.24) is 5.43 Å². The summed E-state index contributed by atoms with van der Waals surface area (Å²) in [5, 5.41) is 4.06. The molecule has 0 aromatic heterocycles. The van der Waals surface area contributed by atoms with Crippen LogP contribution in [-0.2, 0) is 14.8 Å². The lowest BCUT2D eigenvalue weighted by atomic mass is 10.00. The molecule has 0 radical (unpaired) electrons. The Morgan fingerprint density at radius 1 is 0.943 bits per heavy atom. The average Bonchev–Trinajstić information content (AvgIpc) is 2.83. The predicted molar refractivity (Wildman–Crippen MR) is 140 cm³/mol. The van der Waals surface area contributed by atoms with Gasteiger partial charge in [0.05, 0.1) is 23.4 Å². The Bertz CT molecular complexity index is 1320. The van der Waals surface area contributed by atoms with Gasteiger partial charge in [0.1, 0.15) is 12.3 Å². The molecule has 7 nitrogen and oxygen atoms in total. The van der Waals surface area contributed by atoms with Gasteiger partial charge in [-0.3, -0.25) is 9.10 Å². The van der Waals surface area contributed by atoms with Gasteiger partial charge in [0.15, 0.2) is 0 Å². The predicted octanol–water partition coefficient (Wildman–Crippen LogP) is 4.66. The molecule has 0 saturated carbocycles. The first-order chi connectivity index (χ1) is 16.6. The molecule has 0 heterocycles. The third kappa shape index (κ3) is 6.27. The van der Waals surface area contributed by atoms with E-state index in [2.05, 4.69) is 10.5 Å². The molecule has 0 aliphatic carbocycles. The summed E-state index contributed by atoms with van der Waals surface area (Å²) in [6.07, 6.45) is 1.56. The molecule has 0 bridgehead atoms. The minimum atomic E-state index is -4.01. The summed E-state index contributed by atoms with van der Waals surface area (Å²) in [6, 6.07) is 17.0. The van der Waals surface area contributed by atoms with E-state index < -0.39 is 22.5 Å². The Labute approximate surface area is 207 Å². The van der Waals surface area contributed by atoms with Gasteiger partial charge >= 0.3 is 0 Å². The first-order valence-electron chi connectivity index (χ1n) is 11.3. The largest absolute Gasteiger partial charge is 0.494 e. The van der Waals surface area contributed by atoms with Gasteiger partial charge in [-0.15, -0.1) is 0 Å². The fourth-order valence-electron chi connectivity index (χ4n) is 3.48. The summed E-state index contributed by atoms with van der Waals surface area (Å²) < 4.78 is 33.5. The Kier molecular flexibility index (Phi) is 8.30. The van der Waals surface area contributed by atoms with Crippen molar-refractivity contribution in [2.45, 2.75) is 39.5 Å². The lowest BCUT2D eigenvalue weighted by Crippen LogP contribution is -2.39. The fourth-order valence-corrected chi connectivity index (χ4v) is 4.91. The van der Waals surface area contributed by atoms with Crippen molar-refractivity contribution in [3.63, 3.8) is 0 Å². The van der Waals surface area contributed by atoms with Crippen molar-refractivity contribution >= 4 is 27.8 Å². The van der Waals surface area contributed by atoms with Gasteiger partial charge < -0.3 is 4.74 Å². The van der Waals surface area contributed by atoms with Crippen LogP contribution in [-0.4, -0.2) is 33.7 Å². The van der Waals surface area contributed by atoms with Gasteiger partial charge in [0, 0.05) is 0 Å². The van der Waals surface area contributed by atoms with Gasteiger partial charge in [0.25, 0.3) is 15.9 Å². The number of hydrazone groups is 1. The van der Waals surface area contributed by atoms with E-state index in [1.54, 1.807) is 42.6 Å². The number of ether oxygens (including phenoxy) is 1. The second-order valence-electron chi connectivity index (χ2n) is 8.27. The van der Waals surface area contributed by atoms with Crippen molar-refractivity contribution < 1.29 is 17.9 Å². The molecule has 0 atom stereocenters. The van der Waals surface area contributed by atoms with Crippen LogP contribution < -0.4 is 14.5 Å². The summed E-state index contributed by atoms with van der Waals surface area (Å²) in [7, 11) is -4.01. The highest BCUT2D eigenvalue weighted by molar-refractivity contribution is 7.92. The van der Waals surface area contributed by atoms with Crippen LogP contribution in [0.1, 0.15) is 34.7 Å². The number of hydrogen-bond acceptors (Lipinski definition) is 5. The van der Waals surface area contributed by atoms with E-state index in [4.69, 9.17) is 4.74 Å². The molecule has 1 N–H and O–H groups in total. The third-order valence-corrected chi connectivity index (χ3v) is 7.61. The summed E-state index contributed by atoms with van der Waals surface area (Å²) in [6.45, 7) is 9.86. The minimum absolute atomic E-state index is 0.0963. The van der Waals surface area contributed by atoms with Crippen molar-refractivity contribution in [3.8, 4) is 5.75 Å². The van der Waals surface area contributed by atoms with Gasteiger partial charge in [0.2, 0.25) is 0 Å². The number of nitrogens with one attached hydrogen (secondary N) is 1. The number of amides is 1. The molecule has 3 rings (SSSR count). The second-order valence-corrected chi connectivity index (χ2v) is 10.1. The number of benzene rings is 3. The molecule has 0 unspecified atom stereocenters. The van der Waals surface area contributed by atoms with Crippen LogP contribution in [0.2, 0.25) is 0 Å². The van der Waals surface area contributed by atoms with Crippen molar-refractivity contribution in [2.24, 2.45) is 5.10 Å². The highest BCUT2D eigenvalue weighted by atomic mass is 32.2. The summed E-state index contributed by atoms with van der Waals surface area (Å²) in [4.78, 5) is 12.9. The van der Waals surface area contributed by atoms with Crippen LogP contribution in [0.4, 0.5) is 5.69 Å². The molecule has 0 aliphatic rings. The fraction of sp³-hybridized carbons (Fsp3) is 0.259. The Morgan fingerprint density at radius 2 is 1.60 bits per heavy atom. The zero-order chi connectivity index (χ0) is 25.6. The van der Waals surface area contributed by atoms with Crippen molar-refractivity contribution in [3.05, 3.63) is 88.5 Å². The maximum Gasteiger partial charge on any atom is 0.264 e. The van der Waals surface area contributed by atoms with Crippen molar-refractivity contribution in [2.75, 3.05) is 17.5 Å². The zero-order valence-electron chi connectivity index (χ0n) is 20.7. The van der Waals surface area contributed by atoms with Gasteiger partial charge in [-0.25, -0.2) is 13.8 Å². The van der Waals surface area contributed by atoms with Crippen molar-refractivity contribution in [1.29, 1.82) is 0 Å². The lowest BCUT2D eigenvalue weighted by Gasteiger charge is -2.24. The Morgan fingerprint density at radius 3 is 2.23 bits per heavy atom. The summed E-state index contributed by atoms with van der Waals surface area (Å²) in [5.74, 6) is 0.0501. The molecule has 8 heteroatoms. The van der Waals surface area contributed by atoms with E-state index in [9.17, 15) is 13.2 Å². The normalized spacial score (nSPS) is 11.5. The number of aryl methyl sites for hydroxylation is 2. The first-order valence-corrected chi connectivity index (χ1v) is 12.8.